The van der Waals surface area contributed by atoms with Crippen molar-refractivity contribution in [3.05, 3.63) is 24.3 Å². The van der Waals surface area contributed by atoms with Gasteiger partial charge in [0.05, 0.1) is 0 Å². The number of aryl methyl sites for hydroxylation is 1. The number of aromatic nitrogens is 3. The average Bonchev–Trinajstić information content (AvgIpc) is 3.06. The number of hydrogen-bond donors (Lipinski definition) is 2. The van der Waals surface area contributed by atoms with Crippen molar-refractivity contribution in [2.45, 2.75) is 45.2 Å². The third-order valence-electron chi connectivity index (χ3n) is 3.67. The van der Waals surface area contributed by atoms with Crippen LogP contribution in [0.5, 0.6) is 0 Å². The number of aliphatic imine (C=N–C) groups is 1. The molecule has 118 valence electrons. The minimum atomic E-state index is 0. The van der Waals surface area contributed by atoms with Crippen LogP contribution in [0.2, 0.25) is 0 Å². The first-order chi connectivity index (χ1) is 9.70. The lowest BCUT2D eigenvalue weighted by molar-refractivity contribution is 0.614. The number of nitrogens with zero attached hydrogens (tertiary/aromatic N) is 4. The second-order valence-corrected chi connectivity index (χ2v) is 5.18. The Morgan fingerprint density at radius 1 is 1.43 bits per heavy atom. The molecular formula is C14H25IN6. The molecule has 0 aliphatic heterocycles. The van der Waals surface area contributed by atoms with E-state index in [0.29, 0.717) is 19.1 Å². The van der Waals surface area contributed by atoms with Gasteiger partial charge in [-0.2, -0.15) is 0 Å². The zero-order valence-corrected chi connectivity index (χ0v) is 15.1. The molecule has 0 aromatic carbocycles. The monoisotopic (exact) mass is 404 g/mol. The number of nitrogens with one attached hydrogen (secondary N) is 2. The highest BCUT2D eigenvalue weighted by Crippen LogP contribution is 2.17. The smallest absolute Gasteiger partial charge is 0.192 e. The Labute approximate surface area is 143 Å². The lowest BCUT2D eigenvalue weighted by Gasteiger charge is -2.16. The average molecular weight is 404 g/mol. The summed E-state index contributed by atoms with van der Waals surface area (Å²) in [5, 5.41) is 14.9. The molecule has 0 radical (unpaired) electrons. The van der Waals surface area contributed by atoms with E-state index >= 15 is 0 Å². The maximum Gasteiger partial charge on any atom is 0.192 e. The normalized spacial score (nSPS) is 15.6. The van der Waals surface area contributed by atoms with Gasteiger partial charge < -0.3 is 15.2 Å². The quantitative estimate of drug-likeness (QED) is 0.341. The standard InChI is InChI=1S/C14H24N6.HI/c1-4-9-15-14(17-12-7-5-6-8-12)16-10-13-19-18-11(2)20(13)3;/h4,12H,1,5-10H2,2-3H3,(H2,15,16,17);1H. The van der Waals surface area contributed by atoms with Gasteiger partial charge in [-0.05, 0) is 19.8 Å². The van der Waals surface area contributed by atoms with E-state index in [0.717, 1.165) is 17.6 Å². The maximum absolute atomic E-state index is 4.59. The van der Waals surface area contributed by atoms with Crippen LogP contribution < -0.4 is 10.6 Å². The molecule has 1 aliphatic carbocycles. The van der Waals surface area contributed by atoms with Crippen LogP contribution in [0.1, 0.15) is 37.3 Å². The summed E-state index contributed by atoms with van der Waals surface area (Å²) < 4.78 is 1.96. The molecule has 0 bridgehead atoms. The third kappa shape index (κ3) is 5.29. The molecule has 0 unspecified atom stereocenters. The Kier molecular flexibility index (Phi) is 7.69. The van der Waals surface area contributed by atoms with Crippen LogP contribution in [0.25, 0.3) is 0 Å². The molecule has 21 heavy (non-hydrogen) atoms. The van der Waals surface area contributed by atoms with E-state index in [4.69, 9.17) is 0 Å². The molecule has 2 N–H and O–H groups in total. The molecule has 1 heterocycles. The zero-order valence-electron chi connectivity index (χ0n) is 12.8. The summed E-state index contributed by atoms with van der Waals surface area (Å²) in [5.41, 5.74) is 0. The fourth-order valence-electron chi connectivity index (χ4n) is 2.32. The Hall–Kier alpha value is -1.12. The number of halogens is 1. The van der Waals surface area contributed by atoms with Gasteiger partial charge in [-0.3, -0.25) is 0 Å². The van der Waals surface area contributed by atoms with Gasteiger partial charge in [0, 0.05) is 19.6 Å². The van der Waals surface area contributed by atoms with Crippen LogP contribution in [0.15, 0.2) is 17.6 Å². The Morgan fingerprint density at radius 3 is 2.71 bits per heavy atom. The second kappa shape index (κ2) is 9.01. The fourth-order valence-corrected chi connectivity index (χ4v) is 2.32. The van der Waals surface area contributed by atoms with E-state index in [-0.39, 0.29) is 24.0 Å². The Morgan fingerprint density at radius 2 is 2.14 bits per heavy atom. The number of guanidine groups is 1. The van der Waals surface area contributed by atoms with Gasteiger partial charge in [0.2, 0.25) is 0 Å². The predicted octanol–water partition coefficient (Wildman–Crippen LogP) is 1.91. The van der Waals surface area contributed by atoms with E-state index in [1.54, 1.807) is 0 Å². The SMILES string of the molecule is C=CCNC(=NCc1nnc(C)n1C)NC1CCCC1.I. The summed E-state index contributed by atoms with van der Waals surface area (Å²) in [6.07, 6.45) is 6.87. The van der Waals surface area contributed by atoms with Crippen molar-refractivity contribution in [3.63, 3.8) is 0 Å². The lowest BCUT2D eigenvalue weighted by Crippen LogP contribution is -2.42. The molecule has 1 aliphatic rings. The highest BCUT2D eigenvalue weighted by atomic mass is 127. The van der Waals surface area contributed by atoms with Gasteiger partial charge in [-0.1, -0.05) is 18.9 Å². The summed E-state index contributed by atoms with van der Waals surface area (Å²) in [6.45, 7) is 6.90. The van der Waals surface area contributed by atoms with Gasteiger partial charge >= 0.3 is 0 Å². The van der Waals surface area contributed by atoms with Crippen molar-refractivity contribution in [2.24, 2.45) is 12.0 Å². The van der Waals surface area contributed by atoms with Crippen molar-refractivity contribution in [2.75, 3.05) is 6.54 Å². The molecule has 6 nitrogen and oxygen atoms in total. The summed E-state index contributed by atoms with van der Waals surface area (Å²) in [7, 11) is 1.96. The highest BCUT2D eigenvalue weighted by molar-refractivity contribution is 14.0. The van der Waals surface area contributed by atoms with E-state index in [1.165, 1.54) is 25.7 Å². The Balaban J connectivity index is 0.00000220. The summed E-state index contributed by atoms with van der Waals surface area (Å²) in [5.74, 6) is 2.60. The Bertz CT molecular complexity index is 476. The van der Waals surface area contributed by atoms with Gasteiger partial charge in [-0.25, -0.2) is 4.99 Å². The van der Waals surface area contributed by atoms with Crippen LogP contribution in [0.4, 0.5) is 0 Å². The molecule has 0 saturated heterocycles. The van der Waals surface area contributed by atoms with Crippen LogP contribution in [0.3, 0.4) is 0 Å². The fraction of sp³-hybridized carbons (Fsp3) is 0.643. The minimum absolute atomic E-state index is 0. The van der Waals surface area contributed by atoms with E-state index in [1.807, 2.05) is 24.6 Å². The zero-order chi connectivity index (χ0) is 14.4. The third-order valence-corrected chi connectivity index (χ3v) is 3.67. The molecule has 7 heteroatoms. The molecular weight excluding hydrogens is 379 g/mol. The molecule has 0 atom stereocenters. The maximum atomic E-state index is 4.59. The predicted molar refractivity (Wildman–Crippen MR) is 95.9 cm³/mol. The lowest BCUT2D eigenvalue weighted by atomic mass is 10.2. The molecule has 1 aromatic rings. The topological polar surface area (TPSA) is 67.1 Å². The molecule has 1 fully saturated rings. The first-order valence-electron chi connectivity index (χ1n) is 7.21. The summed E-state index contributed by atoms with van der Waals surface area (Å²) >= 11 is 0. The van der Waals surface area contributed by atoms with Gasteiger partial charge in [-0.15, -0.1) is 40.8 Å². The van der Waals surface area contributed by atoms with Crippen LogP contribution in [-0.2, 0) is 13.6 Å². The summed E-state index contributed by atoms with van der Waals surface area (Å²) in [4.78, 5) is 4.59. The largest absolute Gasteiger partial charge is 0.354 e. The van der Waals surface area contributed by atoms with Crippen molar-refractivity contribution in [1.82, 2.24) is 25.4 Å². The van der Waals surface area contributed by atoms with Crippen LogP contribution in [-0.4, -0.2) is 33.3 Å². The van der Waals surface area contributed by atoms with Gasteiger partial charge in [0.25, 0.3) is 0 Å². The van der Waals surface area contributed by atoms with Crippen LogP contribution >= 0.6 is 24.0 Å². The number of rotatable bonds is 5. The summed E-state index contributed by atoms with van der Waals surface area (Å²) in [6, 6.07) is 0.535. The second-order valence-electron chi connectivity index (χ2n) is 5.18. The van der Waals surface area contributed by atoms with Crippen molar-refractivity contribution >= 4 is 29.9 Å². The molecule has 1 aromatic heterocycles. The highest BCUT2D eigenvalue weighted by Gasteiger charge is 2.16. The van der Waals surface area contributed by atoms with Crippen LogP contribution in [0, 0.1) is 6.92 Å². The van der Waals surface area contributed by atoms with Crippen molar-refractivity contribution in [3.8, 4) is 0 Å². The van der Waals surface area contributed by atoms with E-state index < -0.39 is 0 Å². The van der Waals surface area contributed by atoms with E-state index in [9.17, 15) is 0 Å². The van der Waals surface area contributed by atoms with Gasteiger partial charge in [0.15, 0.2) is 11.8 Å². The van der Waals surface area contributed by atoms with E-state index in [2.05, 4.69) is 32.4 Å². The molecule has 0 amide bonds. The van der Waals surface area contributed by atoms with Crippen molar-refractivity contribution < 1.29 is 0 Å². The molecule has 1 saturated carbocycles. The molecule has 0 spiro atoms. The first kappa shape index (κ1) is 17.9. The number of hydrogen-bond acceptors (Lipinski definition) is 3. The van der Waals surface area contributed by atoms with Gasteiger partial charge in [0.1, 0.15) is 12.4 Å². The molecule has 2 rings (SSSR count). The first-order valence-corrected chi connectivity index (χ1v) is 7.21. The van der Waals surface area contributed by atoms with Crippen molar-refractivity contribution in [1.29, 1.82) is 0 Å². The minimum Gasteiger partial charge on any atom is -0.354 e.